The predicted octanol–water partition coefficient (Wildman–Crippen LogP) is 2.84. The van der Waals surface area contributed by atoms with Crippen molar-refractivity contribution in [2.45, 2.75) is 39.2 Å². The van der Waals surface area contributed by atoms with Crippen LogP contribution in [0.1, 0.15) is 32.8 Å². The Balaban J connectivity index is 2.03. The van der Waals surface area contributed by atoms with Crippen molar-refractivity contribution >= 4 is 17.7 Å². The Morgan fingerprint density at radius 1 is 1.32 bits per heavy atom. The molecule has 1 aliphatic heterocycles. The summed E-state index contributed by atoms with van der Waals surface area (Å²) in [5.74, 6) is 0.106. The van der Waals surface area contributed by atoms with Crippen molar-refractivity contribution in [3.05, 3.63) is 23.8 Å². The van der Waals surface area contributed by atoms with Gasteiger partial charge in [0.1, 0.15) is 11.4 Å². The quantitative estimate of drug-likeness (QED) is 0.869. The van der Waals surface area contributed by atoms with Crippen LogP contribution in [0, 0.1) is 0 Å². The summed E-state index contributed by atoms with van der Waals surface area (Å²) in [5.41, 5.74) is 1.05. The summed E-state index contributed by atoms with van der Waals surface area (Å²) in [6.07, 6.45) is 0.612. The van der Waals surface area contributed by atoms with E-state index in [1.165, 1.54) is 4.90 Å². The number of aryl methyl sites for hydroxylation is 1. The zero-order valence-corrected chi connectivity index (χ0v) is 13.1. The van der Waals surface area contributed by atoms with Crippen LogP contribution in [-0.2, 0) is 16.0 Å². The van der Waals surface area contributed by atoms with Crippen LogP contribution < -0.4 is 9.64 Å². The molecule has 0 bridgehead atoms. The molecule has 120 valence electrons. The molecule has 0 fully saturated rings. The molecule has 1 N–H and O–H groups in total. The predicted molar refractivity (Wildman–Crippen MR) is 81.5 cm³/mol. The lowest BCUT2D eigenvalue weighted by atomic mass is 10.0. The molecule has 0 radical (unpaired) electrons. The second kappa shape index (κ2) is 6.25. The first-order valence-electron chi connectivity index (χ1n) is 7.24. The van der Waals surface area contributed by atoms with Crippen LogP contribution in [0.15, 0.2) is 18.2 Å². The molecule has 0 spiro atoms. The Kier molecular flexibility index (Phi) is 4.59. The number of hydrogen-bond donors (Lipinski definition) is 1. The molecule has 1 aromatic carbocycles. The number of ether oxygens (including phenoxy) is 2. The maximum Gasteiger partial charge on any atom is 0.411 e. The summed E-state index contributed by atoms with van der Waals surface area (Å²) >= 11 is 0. The van der Waals surface area contributed by atoms with Crippen molar-refractivity contribution in [2.75, 3.05) is 18.1 Å². The van der Waals surface area contributed by atoms with Gasteiger partial charge in [0.15, 0.2) is 6.61 Å². The topological polar surface area (TPSA) is 76.1 Å². The molecule has 0 unspecified atom stereocenters. The summed E-state index contributed by atoms with van der Waals surface area (Å²) < 4.78 is 10.6. The molecule has 1 aromatic rings. The van der Waals surface area contributed by atoms with Gasteiger partial charge in [-0.3, -0.25) is 4.90 Å². The molecular weight excluding hydrogens is 286 g/mol. The fourth-order valence-electron chi connectivity index (χ4n) is 2.38. The summed E-state index contributed by atoms with van der Waals surface area (Å²) in [7, 11) is 0. The number of fused-ring (bicyclic) bond motifs is 1. The molecule has 0 aliphatic carbocycles. The Hall–Kier alpha value is -2.24. The SMILES string of the molecule is CC(C)(C)OC(=O)COc1ccc2c(c1)CCCN2C(=O)O. The first-order valence-corrected chi connectivity index (χ1v) is 7.24. The highest BCUT2D eigenvalue weighted by atomic mass is 16.6. The van der Waals surface area contributed by atoms with Crippen LogP contribution in [0.25, 0.3) is 0 Å². The molecular formula is C16H21NO5. The highest BCUT2D eigenvalue weighted by Gasteiger charge is 2.22. The molecule has 1 aliphatic rings. The molecule has 0 saturated carbocycles. The van der Waals surface area contributed by atoms with Gasteiger partial charge in [-0.2, -0.15) is 0 Å². The molecule has 22 heavy (non-hydrogen) atoms. The highest BCUT2D eigenvalue weighted by Crippen LogP contribution is 2.30. The smallest absolute Gasteiger partial charge is 0.411 e. The second-order valence-corrected chi connectivity index (χ2v) is 6.20. The van der Waals surface area contributed by atoms with E-state index in [0.717, 1.165) is 18.4 Å². The number of amides is 1. The maximum absolute atomic E-state index is 11.6. The number of hydrogen-bond acceptors (Lipinski definition) is 4. The lowest BCUT2D eigenvalue weighted by molar-refractivity contribution is -0.157. The van der Waals surface area contributed by atoms with E-state index in [1.54, 1.807) is 39.0 Å². The van der Waals surface area contributed by atoms with Gasteiger partial charge in [0, 0.05) is 6.54 Å². The summed E-state index contributed by atoms with van der Waals surface area (Å²) in [6.45, 7) is 5.72. The van der Waals surface area contributed by atoms with Crippen molar-refractivity contribution in [1.29, 1.82) is 0 Å². The van der Waals surface area contributed by atoms with Gasteiger partial charge in [0.05, 0.1) is 5.69 Å². The van der Waals surface area contributed by atoms with Gasteiger partial charge in [-0.05, 0) is 57.4 Å². The molecule has 1 amide bonds. The number of carbonyl (C=O) groups excluding carboxylic acids is 1. The Morgan fingerprint density at radius 3 is 2.68 bits per heavy atom. The van der Waals surface area contributed by atoms with Crippen molar-refractivity contribution in [3.8, 4) is 5.75 Å². The lowest BCUT2D eigenvalue weighted by Crippen LogP contribution is -2.34. The van der Waals surface area contributed by atoms with Crippen molar-refractivity contribution < 1.29 is 24.2 Å². The second-order valence-electron chi connectivity index (χ2n) is 6.20. The third-order valence-corrected chi connectivity index (χ3v) is 3.18. The fourth-order valence-corrected chi connectivity index (χ4v) is 2.38. The number of carboxylic acid groups (broad SMARTS) is 1. The van der Waals surface area contributed by atoms with E-state index in [4.69, 9.17) is 9.47 Å². The Labute approximate surface area is 129 Å². The van der Waals surface area contributed by atoms with E-state index in [9.17, 15) is 14.7 Å². The first-order chi connectivity index (χ1) is 10.3. The summed E-state index contributed by atoms with van der Waals surface area (Å²) in [4.78, 5) is 24.1. The Morgan fingerprint density at radius 2 is 2.05 bits per heavy atom. The minimum absolute atomic E-state index is 0.168. The summed E-state index contributed by atoms with van der Waals surface area (Å²) in [5, 5.41) is 9.17. The van der Waals surface area contributed by atoms with Crippen LogP contribution in [0.4, 0.5) is 10.5 Å². The standard InChI is InChI=1S/C16H21NO5/c1-16(2,3)22-14(18)10-21-12-6-7-13-11(9-12)5-4-8-17(13)15(19)20/h6-7,9H,4-5,8,10H2,1-3H3,(H,19,20). The van der Waals surface area contributed by atoms with Crippen LogP contribution in [0.5, 0.6) is 5.75 Å². The number of nitrogens with zero attached hydrogens (tertiary/aromatic N) is 1. The van der Waals surface area contributed by atoms with E-state index in [0.29, 0.717) is 18.0 Å². The average Bonchev–Trinajstić information content (AvgIpc) is 2.42. The van der Waals surface area contributed by atoms with Gasteiger partial charge in [0.2, 0.25) is 0 Å². The van der Waals surface area contributed by atoms with E-state index < -0.39 is 17.7 Å². The van der Waals surface area contributed by atoms with Crippen molar-refractivity contribution in [3.63, 3.8) is 0 Å². The van der Waals surface area contributed by atoms with E-state index in [1.807, 2.05) is 0 Å². The monoisotopic (exact) mass is 307 g/mol. The first kappa shape index (κ1) is 16.1. The number of benzene rings is 1. The van der Waals surface area contributed by atoms with Crippen LogP contribution >= 0.6 is 0 Å². The summed E-state index contributed by atoms with van der Waals surface area (Å²) in [6, 6.07) is 5.17. The highest BCUT2D eigenvalue weighted by molar-refractivity contribution is 5.87. The average molecular weight is 307 g/mol. The number of rotatable bonds is 3. The molecule has 6 heteroatoms. The Bertz CT molecular complexity index is 576. The lowest BCUT2D eigenvalue weighted by Gasteiger charge is -2.27. The number of carbonyl (C=O) groups is 2. The van der Waals surface area contributed by atoms with Gasteiger partial charge in [0.25, 0.3) is 0 Å². The number of esters is 1. The maximum atomic E-state index is 11.6. The van der Waals surface area contributed by atoms with Crippen molar-refractivity contribution in [1.82, 2.24) is 0 Å². The van der Waals surface area contributed by atoms with Crippen molar-refractivity contribution in [2.24, 2.45) is 0 Å². The van der Waals surface area contributed by atoms with Crippen LogP contribution in [-0.4, -0.2) is 35.9 Å². The minimum atomic E-state index is -0.955. The molecule has 0 atom stereocenters. The normalized spacial score (nSPS) is 14.2. The van der Waals surface area contributed by atoms with Gasteiger partial charge < -0.3 is 14.6 Å². The van der Waals surface area contributed by atoms with Crippen LogP contribution in [0.2, 0.25) is 0 Å². The molecule has 1 heterocycles. The number of anilines is 1. The molecule has 6 nitrogen and oxygen atoms in total. The van der Waals surface area contributed by atoms with Gasteiger partial charge in [-0.1, -0.05) is 0 Å². The molecule has 2 rings (SSSR count). The third-order valence-electron chi connectivity index (χ3n) is 3.18. The van der Waals surface area contributed by atoms with Gasteiger partial charge in [-0.15, -0.1) is 0 Å². The fraction of sp³-hybridized carbons (Fsp3) is 0.500. The van der Waals surface area contributed by atoms with E-state index in [2.05, 4.69) is 0 Å². The zero-order valence-electron chi connectivity index (χ0n) is 13.1. The van der Waals surface area contributed by atoms with Crippen LogP contribution in [0.3, 0.4) is 0 Å². The molecule has 0 aromatic heterocycles. The largest absolute Gasteiger partial charge is 0.482 e. The van der Waals surface area contributed by atoms with Gasteiger partial charge >= 0.3 is 12.1 Å². The molecule has 0 saturated heterocycles. The van der Waals surface area contributed by atoms with Gasteiger partial charge in [-0.25, -0.2) is 9.59 Å². The zero-order chi connectivity index (χ0) is 16.3. The minimum Gasteiger partial charge on any atom is -0.482 e. The van der Waals surface area contributed by atoms with E-state index in [-0.39, 0.29) is 6.61 Å². The third kappa shape index (κ3) is 4.13. The van der Waals surface area contributed by atoms with E-state index >= 15 is 0 Å².